The fraction of sp³-hybridized carbons (Fsp3) is 0.385. The van der Waals surface area contributed by atoms with Crippen LogP contribution >= 0.6 is 0 Å². The molecule has 0 aromatic carbocycles. The maximum Gasteiger partial charge on any atom is 0.433 e. The Morgan fingerprint density at radius 2 is 2.14 bits per heavy atom. The second kappa shape index (κ2) is 6.65. The first-order chi connectivity index (χ1) is 10.4. The normalized spacial score (nSPS) is 13.0. The highest BCUT2D eigenvalue weighted by Gasteiger charge is 2.33. The zero-order valence-electron chi connectivity index (χ0n) is 11.7. The topological polar surface area (TPSA) is 83.2 Å². The van der Waals surface area contributed by atoms with Gasteiger partial charge in [-0.1, -0.05) is 0 Å². The fourth-order valence-corrected chi connectivity index (χ4v) is 1.60. The van der Waals surface area contributed by atoms with Gasteiger partial charge in [-0.15, -0.1) is 0 Å². The van der Waals surface area contributed by atoms with Gasteiger partial charge in [0.15, 0.2) is 5.69 Å². The van der Waals surface area contributed by atoms with E-state index in [1.54, 1.807) is 19.1 Å². The van der Waals surface area contributed by atoms with E-state index in [4.69, 9.17) is 9.52 Å². The number of rotatable bonds is 6. The van der Waals surface area contributed by atoms with Gasteiger partial charge in [-0.05, 0) is 19.1 Å². The molecule has 0 aliphatic carbocycles. The van der Waals surface area contributed by atoms with Gasteiger partial charge >= 0.3 is 6.18 Å². The van der Waals surface area contributed by atoms with Crippen LogP contribution in [0.1, 0.15) is 18.4 Å². The minimum atomic E-state index is -4.59. The SMILES string of the molecule is C[C@@H](CO)Nc1nc(NCc2ccco2)cc(C(F)(F)F)n1. The predicted molar refractivity (Wildman–Crippen MR) is 73.2 cm³/mol. The van der Waals surface area contributed by atoms with Crippen LogP contribution in [0, 0.1) is 0 Å². The first kappa shape index (κ1) is 16.1. The Morgan fingerprint density at radius 3 is 2.73 bits per heavy atom. The van der Waals surface area contributed by atoms with Crippen LogP contribution in [-0.4, -0.2) is 27.7 Å². The molecule has 0 spiro atoms. The Hall–Kier alpha value is -2.29. The molecule has 0 amide bonds. The third kappa shape index (κ3) is 4.35. The molecule has 22 heavy (non-hydrogen) atoms. The van der Waals surface area contributed by atoms with Gasteiger partial charge in [0.25, 0.3) is 0 Å². The van der Waals surface area contributed by atoms with Gasteiger partial charge in [0.05, 0.1) is 19.4 Å². The van der Waals surface area contributed by atoms with E-state index in [0.717, 1.165) is 6.07 Å². The van der Waals surface area contributed by atoms with Gasteiger partial charge in [-0.3, -0.25) is 0 Å². The van der Waals surface area contributed by atoms with Gasteiger partial charge in [0.1, 0.15) is 11.6 Å². The van der Waals surface area contributed by atoms with E-state index in [-0.39, 0.29) is 24.9 Å². The Balaban J connectivity index is 2.21. The van der Waals surface area contributed by atoms with E-state index >= 15 is 0 Å². The van der Waals surface area contributed by atoms with Crippen molar-refractivity contribution < 1.29 is 22.7 Å². The van der Waals surface area contributed by atoms with Crippen molar-refractivity contribution in [2.24, 2.45) is 0 Å². The number of furan rings is 1. The van der Waals surface area contributed by atoms with Crippen LogP contribution in [-0.2, 0) is 12.7 Å². The number of nitrogens with zero attached hydrogens (tertiary/aromatic N) is 2. The number of halogens is 3. The predicted octanol–water partition coefficient (Wildman–Crippen LogP) is 2.49. The number of hydrogen-bond donors (Lipinski definition) is 3. The minimum Gasteiger partial charge on any atom is -0.467 e. The molecule has 120 valence electrons. The number of aliphatic hydroxyl groups is 1. The summed E-state index contributed by atoms with van der Waals surface area (Å²) in [5.74, 6) is 0.357. The highest BCUT2D eigenvalue weighted by molar-refractivity contribution is 5.43. The Bertz CT molecular complexity index is 602. The first-order valence-electron chi connectivity index (χ1n) is 6.48. The minimum absolute atomic E-state index is 0.00589. The first-order valence-corrected chi connectivity index (χ1v) is 6.48. The number of aromatic nitrogens is 2. The van der Waals surface area contributed by atoms with E-state index in [1.807, 2.05) is 0 Å². The maximum absolute atomic E-state index is 12.9. The second-order valence-electron chi connectivity index (χ2n) is 4.62. The quantitative estimate of drug-likeness (QED) is 0.759. The summed E-state index contributed by atoms with van der Waals surface area (Å²) in [6, 6.07) is 3.71. The number of hydrogen-bond acceptors (Lipinski definition) is 6. The third-order valence-corrected chi connectivity index (χ3v) is 2.69. The van der Waals surface area contributed by atoms with E-state index in [1.165, 1.54) is 6.26 Å². The molecule has 2 aromatic rings. The standard InChI is InChI=1S/C13H15F3N4O2/c1-8(7-21)18-12-19-10(13(14,15)16)5-11(20-12)17-6-9-3-2-4-22-9/h2-5,8,21H,6-7H2,1H3,(H2,17,18,19,20)/t8-/m0/s1. The summed E-state index contributed by atoms with van der Waals surface area (Å²) in [6.07, 6.45) is -3.13. The largest absolute Gasteiger partial charge is 0.467 e. The van der Waals surface area contributed by atoms with Crippen molar-refractivity contribution in [1.82, 2.24) is 9.97 Å². The summed E-state index contributed by atoms with van der Waals surface area (Å²) >= 11 is 0. The highest BCUT2D eigenvalue weighted by Crippen LogP contribution is 2.29. The molecule has 3 N–H and O–H groups in total. The molecular weight excluding hydrogens is 301 g/mol. The number of nitrogens with one attached hydrogen (secondary N) is 2. The molecule has 0 saturated heterocycles. The van der Waals surface area contributed by atoms with Crippen molar-refractivity contribution in [1.29, 1.82) is 0 Å². The summed E-state index contributed by atoms with van der Waals surface area (Å²) < 4.78 is 43.7. The number of alkyl halides is 3. The van der Waals surface area contributed by atoms with Crippen LogP contribution in [0.3, 0.4) is 0 Å². The molecule has 1 atom stereocenters. The van der Waals surface area contributed by atoms with Crippen LogP contribution in [0.5, 0.6) is 0 Å². The lowest BCUT2D eigenvalue weighted by Crippen LogP contribution is -2.22. The number of aliphatic hydroxyl groups excluding tert-OH is 1. The summed E-state index contributed by atoms with van der Waals surface area (Å²) in [7, 11) is 0. The second-order valence-corrected chi connectivity index (χ2v) is 4.62. The monoisotopic (exact) mass is 316 g/mol. The molecule has 0 aliphatic heterocycles. The molecule has 0 bridgehead atoms. The molecule has 2 aromatic heterocycles. The third-order valence-electron chi connectivity index (χ3n) is 2.69. The fourth-order valence-electron chi connectivity index (χ4n) is 1.60. The van der Waals surface area contributed by atoms with Crippen LogP contribution in [0.15, 0.2) is 28.9 Å². The van der Waals surface area contributed by atoms with Crippen LogP contribution < -0.4 is 10.6 Å². The van der Waals surface area contributed by atoms with Gasteiger partial charge in [-0.25, -0.2) is 4.98 Å². The average molecular weight is 316 g/mol. The van der Waals surface area contributed by atoms with Crippen molar-refractivity contribution in [2.45, 2.75) is 25.7 Å². The molecule has 0 radical (unpaired) electrons. The highest BCUT2D eigenvalue weighted by atomic mass is 19.4. The zero-order chi connectivity index (χ0) is 16.2. The smallest absolute Gasteiger partial charge is 0.433 e. The van der Waals surface area contributed by atoms with E-state index < -0.39 is 17.9 Å². The van der Waals surface area contributed by atoms with Gasteiger partial charge in [-0.2, -0.15) is 18.2 Å². The molecule has 0 saturated carbocycles. The number of anilines is 2. The van der Waals surface area contributed by atoms with E-state index in [9.17, 15) is 13.2 Å². The maximum atomic E-state index is 12.9. The summed E-state index contributed by atoms with van der Waals surface area (Å²) in [6.45, 7) is 1.53. The van der Waals surface area contributed by atoms with Crippen molar-refractivity contribution in [2.75, 3.05) is 17.2 Å². The summed E-state index contributed by atoms with van der Waals surface area (Å²) in [5.41, 5.74) is -1.07. The van der Waals surface area contributed by atoms with Crippen LogP contribution in [0.25, 0.3) is 0 Å². The molecule has 2 rings (SSSR count). The molecular formula is C13H15F3N4O2. The summed E-state index contributed by atoms with van der Waals surface area (Å²) in [4.78, 5) is 7.36. The van der Waals surface area contributed by atoms with Crippen molar-refractivity contribution in [3.63, 3.8) is 0 Å². The molecule has 0 fully saturated rings. The van der Waals surface area contributed by atoms with Gasteiger partial charge in [0.2, 0.25) is 5.95 Å². The lowest BCUT2D eigenvalue weighted by molar-refractivity contribution is -0.141. The Labute approximate surface area is 124 Å². The van der Waals surface area contributed by atoms with Crippen molar-refractivity contribution >= 4 is 11.8 Å². The zero-order valence-corrected chi connectivity index (χ0v) is 11.7. The van der Waals surface area contributed by atoms with Gasteiger partial charge < -0.3 is 20.2 Å². The molecule has 0 aliphatic rings. The molecule has 6 nitrogen and oxygen atoms in total. The van der Waals surface area contributed by atoms with E-state index in [0.29, 0.717) is 5.76 Å². The van der Waals surface area contributed by atoms with Crippen LogP contribution in [0.2, 0.25) is 0 Å². The van der Waals surface area contributed by atoms with Crippen LogP contribution in [0.4, 0.5) is 24.9 Å². The average Bonchev–Trinajstić information content (AvgIpc) is 2.97. The molecule has 9 heteroatoms. The van der Waals surface area contributed by atoms with Gasteiger partial charge in [0, 0.05) is 12.1 Å². The Kier molecular flexibility index (Phi) is 4.86. The molecule has 0 unspecified atom stereocenters. The van der Waals surface area contributed by atoms with Crippen molar-refractivity contribution in [3.05, 3.63) is 35.9 Å². The summed E-state index contributed by atoms with van der Waals surface area (Å²) in [5, 5.41) is 14.3. The van der Waals surface area contributed by atoms with E-state index in [2.05, 4.69) is 20.6 Å². The Morgan fingerprint density at radius 1 is 1.36 bits per heavy atom. The lowest BCUT2D eigenvalue weighted by atomic mass is 10.3. The lowest BCUT2D eigenvalue weighted by Gasteiger charge is -2.14. The molecule has 2 heterocycles. The van der Waals surface area contributed by atoms with Crippen molar-refractivity contribution in [3.8, 4) is 0 Å².